The van der Waals surface area contributed by atoms with Gasteiger partial charge in [-0.2, -0.15) is 0 Å². The van der Waals surface area contributed by atoms with Crippen LogP contribution in [-0.4, -0.2) is 27.5 Å². The zero-order chi connectivity index (χ0) is 18.0. The lowest BCUT2D eigenvalue weighted by molar-refractivity contribution is 0.0951. The average Bonchev–Trinajstić information content (AvgIpc) is 3.40. The number of ether oxygens (including phenoxy) is 1. The summed E-state index contributed by atoms with van der Waals surface area (Å²) in [5.74, 6) is 0.455. The van der Waals surface area contributed by atoms with Crippen molar-refractivity contribution in [3.8, 4) is 5.75 Å². The number of sulfonamides is 1. The smallest absolute Gasteiger partial charge is 0.261 e. The highest BCUT2D eigenvalue weighted by Crippen LogP contribution is 2.23. The Balaban J connectivity index is 1.77. The highest BCUT2D eigenvalue weighted by Gasteiger charge is 2.24. The van der Waals surface area contributed by atoms with Crippen molar-refractivity contribution in [3.05, 3.63) is 53.6 Å². The Hall–Kier alpha value is -2.54. The standard InChI is InChI=1S/C18H20N2O4S/c1-12-11-13(18(21)19-14-4-5-14)3-10-17(12)20-25(22,23)16-8-6-15(24-2)7-9-16/h3,6-11,14,20H,4-5H2,1-2H3,(H,19,21). The number of amides is 1. The zero-order valence-electron chi connectivity index (χ0n) is 14.1. The molecule has 2 aromatic carbocycles. The van der Waals surface area contributed by atoms with Crippen LogP contribution in [0.3, 0.4) is 0 Å². The van der Waals surface area contributed by atoms with E-state index in [9.17, 15) is 13.2 Å². The molecule has 3 rings (SSSR count). The van der Waals surface area contributed by atoms with Gasteiger partial charge in [-0.05, 0) is 67.8 Å². The summed E-state index contributed by atoms with van der Waals surface area (Å²) in [6.45, 7) is 1.76. The minimum Gasteiger partial charge on any atom is -0.497 e. The van der Waals surface area contributed by atoms with E-state index in [0.717, 1.165) is 12.8 Å². The Morgan fingerprint density at radius 1 is 1.12 bits per heavy atom. The first-order valence-electron chi connectivity index (χ1n) is 7.97. The molecule has 7 heteroatoms. The molecule has 0 atom stereocenters. The van der Waals surface area contributed by atoms with E-state index in [-0.39, 0.29) is 16.8 Å². The SMILES string of the molecule is COc1ccc(S(=O)(=O)Nc2ccc(C(=O)NC3CC3)cc2C)cc1. The first kappa shape index (κ1) is 17.3. The monoisotopic (exact) mass is 360 g/mol. The number of carbonyl (C=O) groups excluding carboxylic acids is 1. The predicted molar refractivity (Wildman–Crippen MR) is 95.5 cm³/mol. The van der Waals surface area contributed by atoms with Crippen molar-refractivity contribution in [1.29, 1.82) is 0 Å². The lowest BCUT2D eigenvalue weighted by Gasteiger charge is -2.12. The van der Waals surface area contributed by atoms with Gasteiger partial charge in [0, 0.05) is 11.6 Å². The molecule has 6 nitrogen and oxygen atoms in total. The Kier molecular flexibility index (Phi) is 4.67. The maximum atomic E-state index is 12.5. The molecule has 0 bridgehead atoms. The lowest BCUT2D eigenvalue weighted by atomic mass is 10.1. The molecule has 1 aliphatic rings. The van der Waals surface area contributed by atoms with Gasteiger partial charge in [0.2, 0.25) is 0 Å². The van der Waals surface area contributed by atoms with Crippen LogP contribution in [0.25, 0.3) is 0 Å². The summed E-state index contributed by atoms with van der Waals surface area (Å²) in [5, 5.41) is 2.91. The summed E-state index contributed by atoms with van der Waals surface area (Å²) in [4.78, 5) is 12.2. The molecular weight excluding hydrogens is 340 g/mol. The second-order valence-corrected chi connectivity index (χ2v) is 7.74. The van der Waals surface area contributed by atoms with Gasteiger partial charge in [0.25, 0.3) is 15.9 Å². The van der Waals surface area contributed by atoms with Gasteiger partial charge in [-0.25, -0.2) is 8.42 Å². The maximum Gasteiger partial charge on any atom is 0.261 e. The van der Waals surface area contributed by atoms with E-state index >= 15 is 0 Å². The Morgan fingerprint density at radius 2 is 1.80 bits per heavy atom. The Morgan fingerprint density at radius 3 is 2.36 bits per heavy atom. The fourth-order valence-corrected chi connectivity index (χ4v) is 3.51. The first-order chi connectivity index (χ1) is 11.9. The van der Waals surface area contributed by atoms with Crippen molar-refractivity contribution in [2.75, 3.05) is 11.8 Å². The van der Waals surface area contributed by atoms with Crippen molar-refractivity contribution in [2.24, 2.45) is 0 Å². The molecular formula is C18H20N2O4S. The number of anilines is 1. The van der Waals surface area contributed by atoms with E-state index in [1.54, 1.807) is 37.3 Å². The number of hydrogen-bond acceptors (Lipinski definition) is 4. The van der Waals surface area contributed by atoms with E-state index in [4.69, 9.17) is 4.74 Å². The molecule has 0 heterocycles. The van der Waals surface area contributed by atoms with Crippen LogP contribution >= 0.6 is 0 Å². The van der Waals surface area contributed by atoms with Crippen LogP contribution in [0.4, 0.5) is 5.69 Å². The van der Waals surface area contributed by atoms with Gasteiger partial charge in [-0.15, -0.1) is 0 Å². The fourth-order valence-electron chi connectivity index (χ4n) is 2.37. The third-order valence-corrected chi connectivity index (χ3v) is 5.40. The molecule has 132 valence electrons. The van der Waals surface area contributed by atoms with Crippen LogP contribution < -0.4 is 14.8 Å². The summed E-state index contributed by atoms with van der Waals surface area (Å²) in [6, 6.07) is 11.3. The van der Waals surface area contributed by atoms with E-state index in [1.807, 2.05) is 0 Å². The third-order valence-electron chi connectivity index (χ3n) is 4.02. The number of aryl methyl sites for hydroxylation is 1. The van der Waals surface area contributed by atoms with Crippen LogP contribution in [0.5, 0.6) is 5.75 Å². The van der Waals surface area contributed by atoms with E-state index in [0.29, 0.717) is 22.6 Å². The van der Waals surface area contributed by atoms with Crippen LogP contribution in [0.1, 0.15) is 28.8 Å². The van der Waals surface area contributed by atoms with Crippen molar-refractivity contribution in [3.63, 3.8) is 0 Å². The van der Waals surface area contributed by atoms with Gasteiger partial charge in [0.15, 0.2) is 0 Å². The quantitative estimate of drug-likeness (QED) is 0.829. The van der Waals surface area contributed by atoms with E-state index in [1.165, 1.54) is 19.2 Å². The maximum absolute atomic E-state index is 12.5. The molecule has 0 spiro atoms. The normalized spacial score (nSPS) is 14.0. The van der Waals surface area contributed by atoms with Crippen LogP contribution in [0.15, 0.2) is 47.4 Å². The second kappa shape index (κ2) is 6.76. The summed E-state index contributed by atoms with van der Waals surface area (Å²) < 4.78 is 32.6. The first-order valence-corrected chi connectivity index (χ1v) is 9.46. The van der Waals surface area contributed by atoms with Crippen molar-refractivity contribution < 1.29 is 17.9 Å². The van der Waals surface area contributed by atoms with Crippen molar-refractivity contribution >= 4 is 21.6 Å². The Bertz CT molecular complexity index is 888. The minimum atomic E-state index is -3.71. The topological polar surface area (TPSA) is 84.5 Å². The molecule has 0 unspecified atom stereocenters. The lowest BCUT2D eigenvalue weighted by Crippen LogP contribution is -2.25. The molecule has 0 aliphatic heterocycles. The second-order valence-electron chi connectivity index (χ2n) is 6.06. The van der Waals surface area contributed by atoms with Crippen molar-refractivity contribution in [2.45, 2.75) is 30.7 Å². The molecule has 2 aromatic rings. The number of carbonyl (C=O) groups is 1. The molecule has 25 heavy (non-hydrogen) atoms. The highest BCUT2D eigenvalue weighted by molar-refractivity contribution is 7.92. The largest absolute Gasteiger partial charge is 0.497 e. The molecule has 1 fully saturated rings. The summed E-state index contributed by atoms with van der Waals surface area (Å²) in [7, 11) is -2.19. The minimum absolute atomic E-state index is 0.129. The van der Waals surface area contributed by atoms with Crippen LogP contribution in [0, 0.1) is 6.92 Å². The number of nitrogens with one attached hydrogen (secondary N) is 2. The van der Waals surface area contributed by atoms with Crippen LogP contribution in [0.2, 0.25) is 0 Å². The predicted octanol–water partition coefficient (Wildman–Crippen LogP) is 2.70. The number of methoxy groups -OCH3 is 1. The van der Waals surface area contributed by atoms with Gasteiger partial charge >= 0.3 is 0 Å². The number of benzene rings is 2. The van der Waals surface area contributed by atoms with E-state index < -0.39 is 10.0 Å². The molecule has 1 saturated carbocycles. The highest BCUT2D eigenvalue weighted by atomic mass is 32.2. The molecule has 1 aliphatic carbocycles. The zero-order valence-corrected chi connectivity index (χ0v) is 14.9. The van der Waals surface area contributed by atoms with E-state index in [2.05, 4.69) is 10.0 Å². The molecule has 1 amide bonds. The van der Waals surface area contributed by atoms with Crippen LogP contribution in [-0.2, 0) is 10.0 Å². The van der Waals surface area contributed by atoms with Gasteiger partial charge < -0.3 is 10.1 Å². The van der Waals surface area contributed by atoms with Gasteiger partial charge in [0.1, 0.15) is 5.75 Å². The number of rotatable bonds is 6. The summed E-state index contributed by atoms with van der Waals surface area (Å²) >= 11 is 0. The Labute approximate surface area is 147 Å². The number of hydrogen-bond donors (Lipinski definition) is 2. The van der Waals surface area contributed by atoms with Gasteiger partial charge in [0.05, 0.1) is 17.7 Å². The third kappa shape index (κ3) is 4.11. The molecule has 2 N–H and O–H groups in total. The average molecular weight is 360 g/mol. The van der Waals surface area contributed by atoms with Gasteiger partial charge in [-0.1, -0.05) is 0 Å². The molecule has 0 radical (unpaired) electrons. The molecule has 0 aromatic heterocycles. The summed E-state index contributed by atoms with van der Waals surface area (Å²) in [6.07, 6.45) is 2.04. The molecule has 0 saturated heterocycles. The van der Waals surface area contributed by atoms with Gasteiger partial charge in [-0.3, -0.25) is 9.52 Å². The summed E-state index contributed by atoms with van der Waals surface area (Å²) in [5.41, 5.74) is 1.65. The fraction of sp³-hybridized carbons (Fsp3) is 0.278. The van der Waals surface area contributed by atoms with Crippen molar-refractivity contribution in [1.82, 2.24) is 5.32 Å².